The molecule has 0 heterocycles. The Bertz CT molecular complexity index is 767. The van der Waals surface area contributed by atoms with Crippen molar-refractivity contribution in [2.24, 2.45) is 5.16 Å². The monoisotopic (exact) mass is 353 g/mol. The molecule has 2 rings (SSSR count). The molecule has 0 radical (unpaired) electrons. The highest BCUT2D eigenvalue weighted by Gasteiger charge is 2.15. The minimum Gasteiger partial charge on any atom is -0.318 e. The Morgan fingerprint density at radius 1 is 1.08 bits per heavy atom. The predicted molar refractivity (Wildman–Crippen MR) is 100.0 cm³/mol. The minimum atomic E-state index is -0.557. The average Bonchev–Trinajstić information content (AvgIpc) is 2.62. The zero-order chi connectivity index (χ0) is 18.1. The highest BCUT2D eigenvalue weighted by Crippen LogP contribution is 2.27. The molecule has 4 nitrogen and oxygen atoms in total. The molecular weight excluding hydrogens is 334 g/mol. The molecule has 0 aliphatic heterocycles. The molecule has 2 aromatic carbocycles. The lowest BCUT2D eigenvalue weighted by Gasteiger charge is -2.06. The van der Waals surface area contributed by atoms with Gasteiger partial charge in [-0.3, -0.25) is 4.79 Å². The second-order valence-electron chi connectivity index (χ2n) is 5.22. The van der Waals surface area contributed by atoms with Gasteiger partial charge in [0.05, 0.1) is 0 Å². The highest BCUT2D eigenvalue weighted by atomic mass is 32.2. The van der Waals surface area contributed by atoms with Crippen LogP contribution in [0.15, 0.2) is 82.2 Å². The van der Waals surface area contributed by atoms with Crippen molar-refractivity contribution in [1.82, 2.24) is 0 Å². The van der Waals surface area contributed by atoms with Crippen LogP contribution in [0, 0.1) is 0 Å². The van der Waals surface area contributed by atoms with Crippen molar-refractivity contribution >= 4 is 29.2 Å². The number of nitrogens with zero attached hydrogens (tertiary/aromatic N) is 1. The summed E-state index contributed by atoms with van der Waals surface area (Å²) in [6.07, 6.45) is 2.64. The van der Waals surface area contributed by atoms with Crippen LogP contribution in [0.4, 0.5) is 0 Å². The summed E-state index contributed by atoms with van der Waals surface area (Å²) in [6.45, 7) is 4.88. The lowest BCUT2D eigenvalue weighted by molar-refractivity contribution is -0.140. The SMILES string of the molecule is C=CCCC(=NOC(C)=O)C(=O)c1ccc(Sc2ccccc2)cc1. The lowest BCUT2D eigenvalue weighted by Crippen LogP contribution is -2.15. The molecule has 0 aromatic heterocycles. The summed E-state index contributed by atoms with van der Waals surface area (Å²) in [7, 11) is 0. The van der Waals surface area contributed by atoms with Crippen LogP contribution < -0.4 is 0 Å². The van der Waals surface area contributed by atoms with Gasteiger partial charge in [0.1, 0.15) is 5.71 Å². The molecule has 0 atom stereocenters. The van der Waals surface area contributed by atoms with E-state index in [1.165, 1.54) is 6.92 Å². The number of carbonyl (C=O) groups is 2. The van der Waals surface area contributed by atoms with E-state index in [9.17, 15) is 9.59 Å². The van der Waals surface area contributed by atoms with Crippen molar-refractivity contribution < 1.29 is 14.4 Å². The minimum absolute atomic E-state index is 0.207. The van der Waals surface area contributed by atoms with Crippen molar-refractivity contribution in [3.63, 3.8) is 0 Å². The third-order valence-electron chi connectivity index (χ3n) is 3.23. The average molecular weight is 353 g/mol. The van der Waals surface area contributed by atoms with Crippen molar-refractivity contribution in [2.45, 2.75) is 29.6 Å². The van der Waals surface area contributed by atoms with Gasteiger partial charge in [0.2, 0.25) is 5.78 Å². The summed E-state index contributed by atoms with van der Waals surface area (Å²) in [5.41, 5.74) is 0.714. The molecule has 0 fully saturated rings. The number of ketones is 1. The molecule has 0 aliphatic rings. The molecule has 5 heteroatoms. The third-order valence-corrected chi connectivity index (χ3v) is 4.24. The Morgan fingerprint density at radius 2 is 1.72 bits per heavy atom. The molecule has 0 amide bonds. The molecule has 0 spiro atoms. The van der Waals surface area contributed by atoms with Gasteiger partial charge in [-0.05, 0) is 42.8 Å². The zero-order valence-electron chi connectivity index (χ0n) is 14.0. The number of oxime groups is 1. The van der Waals surface area contributed by atoms with E-state index in [0.29, 0.717) is 18.4 Å². The van der Waals surface area contributed by atoms with E-state index in [1.807, 2.05) is 42.5 Å². The first kappa shape index (κ1) is 18.7. The third kappa shape index (κ3) is 6.04. The van der Waals surface area contributed by atoms with E-state index in [0.717, 1.165) is 9.79 Å². The second kappa shape index (κ2) is 9.59. The number of hydrogen-bond acceptors (Lipinski definition) is 5. The molecule has 0 saturated carbocycles. The molecule has 2 aromatic rings. The van der Waals surface area contributed by atoms with Gasteiger partial charge < -0.3 is 4.84 Å². The fourth-order valence-corrected chi connectivity index (χ4v) is 2.86. The summed E-state index contributed by atoms with van der Waals surface area (Å²) in [5.74, 6) is -0.808. The Kier molecular flexibility index (Phi) is 7.16. The predicted octanol–water partition coefficient (Wildman–Crippen LogP) is 4.91. The van der Waals surface area contributed by atoms with E-state index < -0.39 is 5.97 Å². The van der Waals surface area contributed by atoms with E-state index in [1.54, 1.807) is 30.0 Å². The van der Waals surface area contributed by atoms with Crippen LogP contribution >= 0.6 is 11.8 Å². The van der Waals surface area contributed by atoms with Gasteiger partial charge in [0.15, 0.2) is 0 Å². The maximum absolute atomic E-state index is 12.6. The molecule has 0 bridgehead atoms. The maximum atomic E-state index is 12.6. The van der Waals surface area contributed by atoms with E-state index in [2.05, 4.69) is 16.6 Å². The van der Waals surface area contributed by atoms with Crippen LogP contribution in [0.3, 0.4) is 0 Å². The Labute approximate surface area is 151 Å². The quantitative estimate of drug-likeness (QED) is 0.222. The van der Waals surface area contributed by atoms with Gasteiger partial charge in [-0.1, -0.05) is 41.2 Å². The van der Waals surface area contributed by atoms with Crippen LogP contribution in [0.1, 0.15) is 30.1 Å². The zero-order valence-corrected chi connectivity index (χ0v) is 14.8. The molecule has 0 N–H and O–H groups in total. The summed E-state index contributed by atoms with van der Waals surface area (Å²) in [4.78, 5) is 30.3. The summed E-state index contributed by atoms with van der Waals surface area (Å²) in [6, 6.07) is 17.3. The number of allylic oxidation sites excluding steroid dienone is 1. The number of carbonyl (C=O) groups excluding carboxylic acids is 2. The van der Waals surface area contributed by atoms with E-state index in [4.69, 9.17) is 0 Å². The molecule has 0 aliphatic carbocycles. The van der Waals surface area contributed by atoms with Crippen molar-refractivity contribution in [2.75, 3.05) is 0 Å². The summed E-state index contributed by atoms with van der Waals surface area (Å²) < 4.78 is 0. The normalized spacial score (nSPS) is 11.0. The molecule has 25 heavy (non-hydrogen) atoms. The van der Waals surface area contributed by atoms with Crippen LogP contribution in [-0.4, -0.2) is 17.5 Å². The number of rotatable bonds is 8. The first-order valence-corrected chi connectivity index (χ1v) is 8.65. The highest BCUT2D eigenvalue weighted by molar-refractivity contribution is 7.99. The number of hydrogen-bond donors (Lipinski definition) is 0. The number of Topliss-reactive ketones (excluding diaryl/α,β-unsaturated/α-hetero) is 1. The van der Waals surface area contributed by atoms with Crippen LogP contribution in [-0.2, 0) is 9.63 Å². The standard InChI is InChI=1S/C20H19NO3S/c1-3-4-10-19(21-24-15(2)22)20(23)16-11-13-18(14-12-16)25-17-8-6-5-7-9-17/h3,5-9,11-14H,1,4,10H2,2H3. The second-order valence-corrected chi connectivity index (χ2v) is 6.36. The van der Waals surface area contributed by atoms with Crippen LogP contribution in [0.2, 0.25) is 0 Å². The van der Waals surface area contributed by atoms with Gasteiger partial charge in [-0.2, -0.15) is 0 Å². The van der Waals surface area contributed by atoms with Gasteiger partial charge in [0.25, 0.3) is 0 Å². The summed E-state index contributed by atoms with van der Waals surface area (Å²) >= 11 is 1.62. The molecular formula is C20H19NO3S. The van der Waals surface area contributed by atoms with E-state index in [-0.39, 0.29) is 11.5 Å². The summed E-state index contributed by atoms with van der Waals surface area (Å²) in [5, 5.41) is 3.69. The fourth-order valence-electron chi connectivity index (χ4n) is 2.02. The van der Waals surface area contributed by atoms with Crippen molar-refractivity contribution in [1.29, 1.82) is 0 Å². The topological polar surface area (TPSA) is 55.7 Å². The number of benzene rings is 2. The van der Waals surface area contributed by atoms with Gasteiger partial charge in [0, 0.05) is 28.7 Å². The van der Waals surface area contributed by atoms with Crippen LogP contribution in [0.5, 0.6) is 0 Å². The van der Waals surface area contributed by atoms with E-state index >= 15 is 0 Å². The maximum Gasteiger partial charge on any atom is 0.331 e. The van der Waals surface area contributed by atoms with Gasteiger partial charge in [-0.15, -0.1) is 6.58 Å². The smallest absolute Gasteiger partial charge is 0.318 e. The van der Waals surface area contributed by atoms with Gasteiger partial charge >= 0.3 is 5.97 Å². The van der Waals surface area contributed by atoms with Crippen LogP contribution in [0.25, 0.3) is 0 Å². The molecule has 0 unspecified atom stereocenters. The van der Waals surface area contributed by atoms with Crippen molar-refractivity contribution in [3.8, 4) is 0 Å². The Balaban J connectivity index is 2.12. The first-order chi connectivity index (χ1) is 12.1. The molecule has 128 valence electrons. The fraction of sp³-hybridized carbons (Fsp3) is 0.150. The first-order valence-electron chi connectivity index (χ1n) is 7.83. The van der Waals surface area contributed by atoms with Gasteiger partial charge in [-0.25, -0.2) is 4.79 Å². The Hall–Kier alpha value is -2.66. The molecule has 0 saturated heterocycles. The largest absolute Gasteiger partial charge is 0.331 e. The van der Waals surface area contributed by atoms with Crippen molar-refractivity contribution in [3.05, 3.63) is 72.8 Å². The lowest BCUT2D eigenvalue weighted by atomic mass is 10.0. The Morgan fingerprint density at radius 3 is 2.32 bits per heavy atom.